The lowest BCUT2D eigenvalue weighted by molar-refractivity contribution is -0.133. The molecule has 1 atom stereocenters. The average Bonchev–Trinajstić information content (AvgIpc) is 2.64. The van der Waals surface area contributed by atoms with Crippen LogP contribution >= 0.6 is 11.6 Å². The molecule has 0 aliphatic rings. The van der Waals surface area contributed by atoms with Crippen molar-refractivity contribution in [2.75, 3.05) is 17.7 Å². The number of para-hydroxylation sites is 1. The Bertz CT molecular complexity index is 821. The van der Waals surface area contributed by atoms with Gasteiger partial charge in [-0.05, 0) is 42.5 Å². The van der Waals surface area contributed by atoms with Crippen molar-refractivity contribution >= 4 is 34.8 Å². The first-order valence-electron chi connectivity index (χ1n) is 8.42. The molecule has 0 saturated heterocycles. The number of halogens is 1. The topological polar surface area (TPSA) is 67.4 Å². The standard InChI is InChI=1S/C20H23ClN2O3/c1-5-12(2)14-8-6-7-9-16(14)22-19(24)20(25)23-17-10-13(3)15(21)11-18(17)26-4/h6-12H,5H2,1-4H3,(H,22,24)(H,23,25). The number of ether oxygens (including phenoxy) is 1. The number of hydrogen-bond acceptors (Lipinski definition) is 3. The van der Waals surface area contributed by atoms with E-state index in [0.29, 0.717) is 22.1 Å². The monoisotopic (exact) mass is 374 g/mol. The van der Waals surface area contributed by atoms with E-state index in [-0.39, 0.29) is 5.92 Å². The highest BCUT2D eigenvalue weighted by molar-refractivity contribution is 6.44. The normalized spacial score (nSPS) is 11.6. The summed E-state index contributed by atoms with van der Waals surface area (Å²) in [5, 5.41) is 5.79. The number of rotatable bonds is 5. The summed E-state index contributed by atoms with van der Waals surface area (Å²) in [5.74, 6) is -0.852. The zero-order valence-electron chi connectivity index (χ0n) is 15.4. The Hall–Kier alpha value is -2.53. The number of carbonyl (C=O) groups excluding carboxylic acids is 2. The van der Waals surface area contributed by atoms with Crippen LogP contribution in [0.2, 0.25) is 5.02 Å². The van der Waals surface area contributed by atoms with Crippen LogP contribution in [0.3, 0.4) is 0 Å². The molecule has 0 heterocycles. The molecular weight excluding hydrogens is 352 g/mol. The van der Waals surface area contributed by atoms with E-state index < -0.39 is 11.8 Å². The SMILES string of the molecule is CCC(C)c1ccccc1NC(=O)C(=O)Nc1cc(C)c(Cl)cc1OC. The number of carbonyl (C=O) groups is 2. The van der Waals surface area contributed by atoms with Gasteiger partial charge in [0.15, 0.2) is 0 Å². The van der Waals surface area contributed by atoms with Crippen molar-refractivity contribution in [2.24, 2.45) is 0 Å². The van der Waals surface area contributed by atoms with E-state index in [4.69, 9.17) is 16.3 Å². The van der Waals surface area contributed by atoms with Crippen molar-refractivity contribution in [1.82, 2.24) is 0 Å². The minimum Gasteiger partial charge on any atom is -0.495 e. The molecule has 0 radical (unpaired) electrons. The number of methoxy groups -OCH3 is 1. The van der Waals surface area contributed by atoms with Crippen LogP contribution in [0.15, 0.2) is 36.4 Å². The van der Waals surface area contributed by atoms with Crippen LogP contribution in [0.4, 0.5) is 11.4 Å². The third-order valence-electron chi connectivity index (χ3n) is 4.29. The molecule has 5 nitrogen and oxygen atoms in total. The van der Waals surface area contributed by atoms with Crippen LogP contribution in [0.5, 0.6) is 5.75 Å². The molecule has 2 rings (SSSR count). The summed E-state index contributed by atoms with van der Waals surface area (Å²) in [6, 6.07) is 10.7. The van der Waals surface area contributed by atoms with E-state index in [1.165, 1.54) is 7.11 Å². The Morgan fingerprint density at radius 1 is 1.12 bits per heavy atom. The van der Waals surface area contributed by atoms with Gasteiger partial charge >= 0.3 is 11.8 Å². The Morgan fingerprint density at radius 3 is 2.35 bits per heavy atom. The molecular formula is C20H23ClN2O3. The van der Waals surface area contributed by atoms with Crippen LogP contribution in [0.1, 0.15) is 37.3 Å². The molecule has 0 spiro atoms. The van der Waals surface area contributed by atoms with E-state index in [9.17, 15) is 9.59 Å². The predicted molar refractivity (Wildman–Crippen MR) is 105 cm³/mol. The van der Waals surface area contributed by atoms with Crippen LogP contribution in [0, 0.1) is 6.92 Å². The van der Waals surface area contributed by atoms with E-state index in [0.717, 1.165) is 17.5 Å². The summed E-state index contributed by atoms with van der Waals surface area (Å²) >= 11 is 6.06. The molecule has 0 aromatic heterocycles. The van der Waals surface area contributed by atoms with Crippen LogP contribution in [-0.2, 0) is 9.59 Å². The molecule has 138 valence electrons. The molecule has 26 heavy (non-hydrogen) atoms. The van der Waals surface area contributed by atoms with Gasteiger partial charge in [-0.15, -0.1) is 0 Å². The Morgan fingerprint density at radius 2 is 1.73 bits per heavy atom. The highest BCUT2D eigenvalue weighted by Gasteiger charge is 2.19. The van der Waals surface area contributed by atoms with Gasteiger partial charge in [-0.25, -0.2) is 0 Å². The molecule has 0 aliphatic heterocycles. The molecule has 2 aromatic carbocycles. The number of aryl methyl sites for hydroxylation is 1. The van der Waals surface area contributed by atoms with Crippen molar-refractivity contribution in [2.45, 2.75) is 33.1 Å². The van der Waals surface area contributed by atoms with E-state index >= 15 is 0 Å². The number of benzene rings is 2. The number of nitrogens with one attached hydrogen (secondary N) is 2. The summed E-state index contributed by atoms with van der Waals surface area (Å²) in [6.45, 7) is 5.96. The fraction of sp³-hybridized carbons (Fsp3) is 0.300. The number of anilines is 2. The predicted octanol–water partition coefficient (Wildman–Crippen LogP) is 4.75. The molecule has 2 N–H and O–H groups in total. The van der Waals surface area contributed by atoms with Gasteiger partial charge in [0.25, 0.3) is 0 Å². The van der Waals surface area contributed by atoms with Crippen LogP contribution in [0.25, 0.3) is 0 Å². The smallest absolute Gasteiger partial charge is 0.314 e. The highest BCUT2D eigenvalue weighted by Crippen LogP contribution is 2.31. The summed E-state index contributed by atoms with van der Waals surface area (Å²) in [7, 11) is 1.47. The van der Waals surface area contributed by atoms with Gasteiger partial charge in [0, 0.05) is 16.8 Å². The van der Waals surface area contributed by atoms with E-state index in [1.54, 1.807) is 25.1 Å². The third-order valence-corrected chi connectivity index (χ3v) is 4.69. The minimum atomic E-state index is -0.774. The molecule has 0 bridgehead atoms. The molecule has 0 saturated carbocycles. The molecule has 1 unspecified atom stereocenters. The number of hydrogen-bond donors (Lipinski definition) is 2. The zero-order valence-corrected chi connectivity index (χ0v) is 16.1. The molecule has 0 fully saturated rings. The number of amides is 2. The summed E-state index contributed by atoms with van der Waals surface area (Å²) in [5.41, 5.74) is 2.80. The van der Waals surface area contributed by atoms with Gasteiger partial charge in [0.1, 0.15) is 5.75 Å². The van der Waals surface area contributed by atoms with E-state index in [1.807, 2.05) is 18.2 Å². The second-order valence-electron chi connectivity index (χ2n) is 6.11. The lowest BCUT2D eigenvalue weighted by Gasteiger charge is -2.16. The highest BCUT2D eigenvalue weighted by atomic mass is 35.5. The Kier molecular flexibility index (Phi) is 6.64. The maximum absolute atomic E-state index is 12.3. The second kappa shape index (κ2) is 8.72. The van der Waals surface area contributed by atoms with Crippen molar-refractivity contribution in [3.05, 3.63) is 52.5 Å². The van der Waals surface area contributed by atoms with Crippen molar-refractivity contribution < 1.29 is 14.3 Å². The summed E-state index contributed by atoms with van der Waals surface area (Å²) in [6.07, 6.45) is 0.931. The van der Waals surface area contributed by atoms with Gasteiger partial charge < -0.3 is 15.4 Å². The molecule has 2 aromatic rings. The third kappa shape index (κ3) is 4.55. The lowest BCUT2D eigenvalue weighted by Crippen LogP contribution is -2.29. The fourth-order valence-corrected chi connectivity index (χ4v) is 2.70. The first-order chi connectivity index (χ1) is 12.4. The quantitative estimate of drug-likeness (QED) is 0.742. The molecule has 0 aliphatic carbocycles. The maximum atomic E-state index is 12.3. The van der Waals surface area contributed by atoms with Gasteiger partial charge in [-0.2, -0.15) is 0 Å². The second-order valence-corrected chi connectivity index (χ2v) is 6.51. The Balaban J connectivity index is 2.17. The van der Waals surface area contributed by atoms with Gasteiger partial charge in [0.2, 0.25) is 0 Å². The Labute approximate surface area is 158 Å². The first kappa shape index (κ1) is 19.8. The van der Waals surface area contributed by atoms with Crippen LogP contribution in [-0.4, -0.2) is 18.9 Å². The molecule has 2 amide bonds. The summed E-state index contributed by atoms with van der Waals surface area (Å²) < 4.78 is 5.21. The van der Waals surface area contributed by atoms with Crippen molar-refractivity contribution in [1.29, 1.82) is 0 Å². The van der Waals surface area contributed by atoms with Gasteiger partial charge in [-0.1, -0.05) is 43.6 Å². The first-order valence-corrected chi connectivity index (χ1v) is 8.80. The van der Waals surface area contributed by atoms with Crippen LogP contribution < -0.4 is 15.4 Å². The fourth-order valence-electron chi connectivity index (χ4n) is 2.55. The largest absolute Gasteiger partial charge is 0.495 e. The van der Waals surface area contributed by atoms with Gasteiger partial charge in [-0.3, -0.25) is 9.59 Å². The van der Waals surface area contributed by atoms with Crippen molar-refractivity contribution in [3.8, 4) is 5.75 Å². The van der Waals surface area contributed by atoms with E-state index in [2.05, 4.69) is 24.5 Å². The zero-order chi connectivity index (χ0) is 19.3. The average molecular weight is 375 g/mol. The summed E-state index contributed by atoms with van der Waals surface area (Å²) in [4.78, 5) is 24.7. The van der Waals surface area contributed by atoms with Gasteiger partial charge in [0.05, 0.1) is 12.8 Å². The molecule has 6 heteroatoms. The van der Waals surface area contributed by atoms with Crippen molar-refractivity contribution in [3.63, 3.8) is 0 Å². The minimum absolute atomic E-state index is 0.272. The lowest BCUT2D eigenvalue weighted by atomic mass is 9.97. The maximum Gasteiger partial charge on any atom is 0.314 e.